The number of aromatic nitrogens is 2. The van der Waals surface area contributed by atoms with Crippen molar-refractivity contribution in [1.29, 1.82) is 0 Å². The fraction of sp³-hybridized carbons (Fsp3) is 0.125. The van der Waals surface area contributed by atoms with E-state index in [0.717, 1.165) is 21.1 Å². The summed E-state index contributed by atoms with van der Waals surface area (Å²) >= 11 is 3.50. The SMILES string of the molecule is CC1(C(=O)O)C=CC=C(n2ncc3c(Br)cccc32)C=C1. The van der Waals surface area contributed by atoms with Gasteiger partial charge in [-0.3, -0.25) is 4.79 Å². The summed E-state index contributed by atoms with van der Waals surface area (Å²) in [5, 5.41) is 14.7. The van der Waals surface area contributed by atoms with Crippen LogP contribution in [0.25, 0.3) is 16.6 Å². The van der Waals surface area contributed by atoms with Gasteiger partial charge >= 0.3 is 5.97 Å². The van der Waals surface area contributed by atoms with Crippen LogP contribution in [0.1, 0.15) is 6.92 Å². The molecule has 0 spiro atoms. The second-order valence-electron chi connectivity index (χ2n) is 5.10. The number of benzene rings is 1. The van der Waals surface area contributed by atoms with Crippen LogP contribution in [0, 0.1) is 5.41 Å². The third-order valence-corrected chi connectivity index (χ3v) is 4.27. The Bertz CT molecular complexity index is 817. The van der Waals surface area contributed by atoms with Crippen molar-refractivity contribution in [3.05, 3.63) is 59.2 Å². The summed E-state index contributed by atoms with van der Waals surface area (Å²) in [7, 11) is 0. The van der Waals surface area contributed by atoms with E-state index in [1.54, 1.807) is 42.1 Å². The molecule has 1 aliphatic carbocycles. The standard InChI is InChI=1S/C16H13BrN2O2/c1-16(15(20)21)8-3-4-11(7-9-16)19-14-6-2-5-13(17)12(14)10-18-19/h2-10H,1H3,(H,20,21). The predicted octanol–water partition coefficient (Wildman–Crippen LogP) is 3.86. The monoisotopic (exact) mass is 344 g/mol. The van der Waals surface area contributed by atoms with Crippen molar-refractivity contribution < 1.29 is 9.90 Å². The molecule has 0 aliphatic heterocycles. The molecule has 4 nitrogen and oxygen atoms in total. The molecule has 2 aromatic rings. The van der Waals surface area contributed by atoms with E-state index in [9.17, 15) is 9.90 Å². The lowest BCUT2D eigenvalue weighted by Gasteiger charge is -2.14. The Hall–Kier alpha value is -2.14. The summed E-state index contributed by atoms with van der Waals surface area (Å²) in [5.41, 5.74) is 0.791. The molecule has 0 radical (unpaired) electrons. The second-order valence-corrected chi connectivity index (χ2v) is 5.96. The van der Waals surface area contributed by atoms with Crippen molar-refractivity contribution in [2.24, 2.45) is 5.41 Å². The molecular weight excluding hydrogens is 332 g/mol. The third-order valence-electron chi connectivity index (χ3n) is 3.58. The largest absolute Gasteiger partial charge is 0.480 e. The number of hydrogen-bond acceptors (Lipinski definition) is 2. The first-order valence-electron chi connectivity index (χ1n) is 6.46. The minimum absolute atomic E-state index is 0.823. The van der Waals surface area contributed by atoms with E-state index in [1.165, 1.54) is 0 Å². The number of halogens is 1. The number of aliphatic carboxylic acids is 1. The molecule has 21 heavy (non-hydrogen) atoms. The van der Waals surface area contributed by atoms with Gasteiger partial charge in [-0.1, -0.05) is 40.2 Å². The van der Waals surface area contributed by atoms with Crippen molar-refractivity contribution in [2.45, 2.75) is 6.92 Å². The maximum Gasteiger partial charge on any atom is 0.317 e. The van der Waals surface area contributed by atoms with Gasteiger partial charge in [-0.2, -0.15) is 5.10 Å². The molecule has 1 heterocycles. The Morgan fingerprint density at radius 1 is 1.38 bits per heavy atom. The highest BCUT2D eigenvalue weighted by molar-refractivity contribution is 9.10. The molecule has 1 aliphatic rings. The highest BCUT2D eigenvalue weighted by atomic mass is 79.9. The van der Waals surface area contributed by atoms with Crippen LogP contribution in [0.3, 0.4) is 0 Å². The normalized spacial score (nSPS) is 21.3. The zero-order valence-corrected chi connectivity index (χ0v) is 12.9. The van der Waals surface area contributed by atoms with Gasteiger partial charge in [0, 0.05) is 9.86 Å². The van der Waals surface area contributed by atoms with Crippen LogP contribution >= 0.6 is 15.9 Å². The van der Waals surface area contributed by atoms with E-state index >= 15 is 0 Å². The minimum atomic E-state index is -0.998. The Morgan fingerprint density at radius 3 is 2.95 bits per heavy atom. The summed E-state index contributed by atoms with van der Waals surface area (Å²) in [5.74, 6) is -0.877. The Kier molecular flexibility index (Phi) is 3.29. The van der Waals surface area contributed by atoms with Crippen molar-refractivity contribution in [3.8, 4) is 0 Å². The average molecular weight is 345 g/mol. The van der Waals surface area contributed by atoms with Gasteiger partial charge in [-0.15, -0.1) is 0 Å². The average Bonchev–Trinajstić information content (AvgIpc) is 2.78. The molecule has 0 amide bonds. The van der Waals surface area contributed by atoms with Crippen LogP contribution in [0.2, 0.25) is 0 Å². The lowest BCUT2D eigenvalue weighted by Crippen LogP contribution is -2.22. The van der Waals surface area contributed by atoms with Gasteiger partial charge < -0.3 is 5.11 Å². The molecule has 0 saturated carbocycles. The molecule has 0 saturated heterocycles. The van der Waals surface area contributed by atoms with Gasteiger partial charge in [-0.25, -0.2) is 4.68 Å². The molecule has 1 N–H and O–H groups in total. The van der Waals surface area contributed by atoms with Gasteiger partial charge in [0.1, 0.15) is 5.41 Å². The number of hydrogen-bond donors (Lipinski definition) is 1. The van der Waals surface area contributed by atoms with Crippen LogP contribution in [0.4, 0.5) is 0 Å². The number of fused-ring (bicyclic) bond motifs is 1. The first-order chi connectivity index (χ1) is 10.0. The van der Waals surface area contributed by atoms with Crippen LogP contribution in [0.15, 0.2) is 59.2 Å². The lowest BCUT2D eigenvalue weighted by atomic mass is 9.90. The predicted molar refractivity (Wildman–Crippen MR) is 85.7 cm³/mol. The summed E-state index contributed by atoms with van der Waals surface area (Å²) in [6.07, 6.45) is 10.5. The first kappa shape index (κ1) is 13.8. The maximum absolute atomic E-state index is 11.3. The summed E-state index contributed by atoms with van der Waals surface area (Å²) in [6, 6.07) is 5.89. The van der Waals surface area contributed by atoms with Crippen LogP contribution < -0.4 is 0 Å². The van der Waals surface area contributed by atoms with Crippen molar-refractivity contribution in [2.75, 3.05) is 0 Å². The van der Waals surface area contributed by atoms with Crippen molar-refractivity contribution in [1.82, 2.24) is 9.78 Å². The molecule has 1 atom stereocenters. The number of carbonyl (C=O) groups is 1. The molecule has 1 aromatic carbocycles. The van der Waals surface area contributed by atoms with Crippen LogP contribution in [-0.4, -0.2) is 20.9 Å². The van der Waals surface area contributed by atoms with E-state index in [0.29, 0.717) is 0 Å². The maximum atomic E-state index is 11.3. The number of carboxylic acid groups (broad SMARTS) is 1. The second kappa shape index (κ2) is 5.00. The fourth-order valence-corrected chi connectivity index (χ4v) is 2.68. The Balaban J connectivity index is 2.09. The molecule has 5 heteroatoms. The van der Waals surface area contributed by atoms with Gasteiger partial charge in [0.15, 0.2) is 0 Å². The van der Waals surface area contributed by atoms with Gasteiger partial charge in [0.05, 0.1) is 17.4 Å². The number of carboxylic acids is 1. The molecule has 0 fully saturated rings. The van der Waals surface area contributed by atoms with Crippen molar-refractivity contribution in [3.63, 3.8) is 0 Å². The molecule has 1 aromatic heterocycles. The van der Waals surface area contributed by atoms with Gasteiger partial charge in [-0.05, 0) is 31.2 Å². The van der Waals surface area contributed by atoms with E-state index in [-0.39, 0.29) is 0 Å². The molecule has 0 bridgehead atoms. The van der Waals surface area contributed by atoms with E-state index in [4.69, 9.17) is 0 Å². The minimum Gasteiger partial charge on any atom is -0.480 e. The topological polar surface area (TPSA) is 55.1 Å². The van der Waals surface area contributed by atoms with E-state index in [1.807, 2.05) is 24.3 Å². The molecule has 106 valence electrons. The van der Waals surface area contributed by atoms with Crippen molar-refractivity contribution >= 4 is 38.5 Å². The zero-order chi connectivity index (χ0) is 15.0. The highest BCUT2D eigenvalue weighted by Crippen LogP contribution is 2.29. The lowest BCUT2D eigenvalue weighted by molar-refractivity contribution is -0.142. The van der Waals surface area contributed by atoms with Crippen LogP contribution in [-0.2, 0) is 4.79 Å². The molecular formula is C16H13BrN2O2. The summed E-state index contributed by atoms with van der Waals surface area (Å²) < 4.78 is 2.78. The number of allylic oxidation sites excluding steroid dienone is 4. The van der Waals surface area contributed by atoms with Gasteiger partial charge in [0.2, 0.25) is 0 Å². The zero-order valence-electron chi connectivity index (χ0n) is 11.3. The number of rotatable bonds is 2. The Morgan fingerprint density at radius 2 is 2.19 bits per heavy atom. The fourth-order valence-electron chi connectivity index (χ4n) is 2.22. The quantitative estimate of drug-likeness (QED) is 0.899. The van der Waals surface area contributed by atoms with Gasteiger partial charge in [0.25, 0.3) is 0 Å². The smallest absolute Gasteiger partial charge is 0.317 e. The summed E-state index contributed by atoms with van der Waals surface area (Å²) in [6.45, 7) is 1.66. The highest BCUT2D eigenvalue weighted by Gasteiger charge is 2.27. The van der Waals surface area contributed by atoms with Crippen LogP contribution in [0.5, 0.6) is 0 Å². The number of nitrogens with zero attached hydrogens (tertiary/aromatic N) is 2. The van der Waals surface area contributed by atoms with E-state index in [2.05, 4.69) is 21.0 Å². The molecule has 3 rings (SSSR count). The third kappa shape index (κ3) is 2.34. The Labute approximate surface area is 130 Å². The molecule has 1 unspecified atom stereocenters. The summed E-state index contributed by atoms with van der Waals surface area (Å²) in [4.78, 5) is 11.3. The van der Waals surface area contributed by atoms with E-state index < -0.39 is 11.4 Å². The first-order valence-corrected chi connectivity index (χ1v) is 7.25.